The molecule has 2 aliphatic heterocycles. The number of carboxylic acids is 1. The van der Waals surface area contributed by atoms with Crippen LogP contribution in [0.5, 0.6) is 0 Å². The molecule has 0 aromatic heterocycles. The predicted molar refractivity (Wildman–Crippen MR) is 73.5 cm³/mol. The lowest BCUT2D eigenvalue weighted by molar-refractivity contribution is -0.142. The van der Waals surface area contributed by atoms with Crippen molar-refractivity contribution in [1.29, 1.82) is 0 Å². The molecule has 3 atom stereocenters. The predicted octanol–water partition coefficient (Wildman–Crippen LogP) is 1.45. The minimum Gasteiger partial charge on any atom is -0.481 e. The number of urea groups is 1. The molecular formula is C14H24N2O4. The van der Waals surface area contributed by atoms with Crippen LogP contribution in [-0.2, 0) is 9.53 Å². The van der Waals surface area contributed by atoms with Crippen molar-refractivity contribution >= 4 is 12.0 Å². The van der Waals surface area contributed by atoms with Gasteiger partial charge in [0.25, 0.3) is 0 Å². The molecule has 0 aliphatic carbocycles. The van der Waals surface area contributed by atoms with Crippen LogP contribution in [0.1, 0.15) is 39.0 Å². The van der Waals surface area contributed by atoms with Crippen molar-refractivity contribution in [2.75, 3.05) is 19.8 Å². The van der Waals surface area contributed by atoms with Crippen molar-refractivity contribution in [3.05, 3.63) is 0 Å². The Bertz CT molecular complexity index is 361. The third kappa shape index (κ3) is 3.23. The van der Waals surface area contributed by atoms with Crippen LogP contribution in [0.3, 0.4) is 0 Å². The summed E-state index contributed by atoms with van der Waals surface area (Å²) >= 11 is 0. The van der Waals surface area contributed by atoms with Gasteiger partial charge in [-0.2, -0.15) is 0 Å². The van der Waals surface area contributed by atoms with Gasteiger partial charge in [0.2, 0.25) is 0 Å². The summed E-state index contributed by atoms with van der Waals surface area (Å²) in [5.41, 5.74) is 0. The number of fused-ring (bicyclic) bond motifs is 2. The Hall–Kier alpha value is -1.30. The zero-order chi connectivity index (χ0) is 14.5. The largest absolute Gasteiger partial charge is 0.481 e. The molecule has 2 N–H and O–H groups in total. The maximum absolute atomic E-state index is 12.1. The van der Waals surface area contributed by atoms with Gasteiger partial charge in [-0.3, -0.25) is 4.79 Å². The number of carbonyl (C=O) groups excluding carboxylic acids is 1. The van der Waals surface area contributed by atoms with Crippen molar-refractivity contribution in [2.45, 2.75) is 51.1 Å². The summed E-state index contributed by atoms with van der Waals surface area (Å²) in [4.78, 5) is 25.0. The average molecular weight is 284 g/mol. The molecule has 0 saturated carbocycles. The smallest absolute Gasteiger partial charge is 0.317 e. The SMILES string of the molecule is CCCOCCCNC(=O)N1C2CCC1C(C(=O)O)C2. The molecule has 20 heavy (non-hydrogen) atoms. The first kappa shape index (κ1) is 15.1. The van der Waals surface area contributed by atoms with Crippen LogP contribution in [-0.4, -0.2) is 53.8 Å². The van der Waals surface area contributed by atoms with Gasteiger partial charge < -0.3 is 20.1 Å². The van der Waals surface area contributed by atoms with E-state index in [0.717, 1.165) is 32.3 Å². The molecule has 2 fully saturated rings. The molecule has 2 saturated heterocycles. The van der Waals surface area contributed by atoms with Gasteiger partial charge in [-0.1, -0.05) is 6.92 Å². The second kappa shape index (κ2) is 6.92. The molecule has 0 radical (unpaired) electrons. The van der Waals surface area contributed by atoms with Crippen molar-refractivity contribution in [3.8, 4) is 0 Å². The molecule has 0 spiro atoms. The summed E-state index contributed by atoms with van der Waals surface area (Å²) in [5.74, 6) is -1.16. The first-order valence-corrected chi connectivity index (χ1v) is 7.51. The van der Waals surface area contributed by atoms with Gasteiger partial charge in [-0.25, -0.2) is 4.79 Å². The molecule has 0 aromatic rings. The van der Waals surface area contributed by atoms with Crippen LogP contribution in [0.4, 0.5) is 4.79 Å². The number of hydrogen-bond donors (Lipinski definition) is 2. The van der Waals surface area contributed by atoms with E-state index in [9.17, 15) is 9.59 Å². The van der Waals surface area contributed by atoms with E-state index in [-0.39, 0.29) is 24.0 Å². The number of amides is 2. The fourth-order valence-corrected chi connectivity index (χ4v) is 3.28. The number of aliphatic carboxylic acids is 1. The zero-order valence-corrected chi connectivity index (χ0v) is 12.0. The number of carbonyl (C=O) groups is 2. The van der Waals surface area contributed by atoms with Crippen LogP contribution >= 0.6 is 0 Å². The summed E-state index contributed by atoms with van der Waals surface area (Å²) in [6.07, 6.45) is 4.14. The molecular weight excluding hydrogens is 260 g/mol. The number of ether oxygens (including phenoxy) is 1. The fraction of sp³-hybridized carbons (Fsp3) is 0.857. The van der Waals surface area contributed by atoms with E-state index in [1.165, 1.54) is 0 Å². The number of nitrogens with one attached hydrogen (secondary N) is 1. The van der Waals surface area contributed by atoms with E-state index < -0.39 is 5.97 Å². The molecule has 6 heteroatoms. The highest BCUT2D eigenvalue weighted by molar-refractivity contribution is 5.79. The number of nitrogens with zero attached hydrogens (tertiary/aromatic N) is 1. The molecule has 6 nitrogen and oxygen atoms in total. The van der Waals surface area contributed by atoms with Crippen molar-refractivity contribution in [2.24, 2.45) is 5.92 Å². The minimum absolute atomic E-state index is 0.109. The number of carboxylic acid groups (broad SMARTS) is 1. The summed E-state index contributed by atoms with van der Waals surface area (Å²) in [5, 5.41) is 12.0. The van der Waals surface area contributed by atoms with Crippen molar-refractivity contribution in [1.82, 2.24) is 10.2 Å². The highest BCUT2D eigenvalue weighted by Crippen LogP contribution is 2.41. The molecule has 2 bridgehead atoms. The van der Waals surface area contributed by atoms with Gasteiger partial charge in [-0.15, -0.1) is 0 Å². The lowest BCUT2D eigenvalue weighted by Crippen LogP contribution is -2.44. The standard InChI is InChI=1S/C14H24N2O4/c1-2-7-20-8-3-6-15-14(19)16-10-4-5-12(16)11(9-10)13(17)18/h10-12H,2-9H2,1H3,(H,15,19)(H,17,18). The Morgan fingerprint density at radius 2 is 2.15 bits per heavy atom. The van der Waals surface area contributed by atoms with Crippen LogP contribution in [0.25, 0.3) is 0 Å². The Labute approximate surface area is 119 Å². The van der Waals surface area contributed by atoms with Gasteiger partial charge in [0, 0.05) is 31.8 Å². The summed E-state index contributed by atoms with van der Waals surface area (Å²) in [6.45, 7) is 4.04. The van der Waals surface area contributed by atoms with E-state index in [1.807, 2.05) is 0 Å². The molecule has 114 valence electrons. The van der Waals surface area contributed by atoms with Gasteiger partial charge in [0.05, 0.1) is 5.92 Å². The Kier molecular flexibility index (Phi) is 5.23. The maximum atomic E-state index is 12.1. The van der Waals surface area contributed by atoms with Crippen molar-refractivity contribution < 1.29 is 19.4 Å². The highest BCUT2D eigenvalue weighted by atomic mass is 16.5. The van der Waals surface area contributed by atoms with Gasteiger partial charge >= 0.3 is 12.0 Å². The second-order valence-electron chi connectivity index (χ2n) is 5.58. The topological polar surface area (TPSA) is 78.9 Å². The molecule has 2 rings (SSSR count). The van der Waals surface area contributed by atoms with Gasteiger partial charge in [0.1, 0.15) is 0 Å². The lowest BCUT2D eigenvalue weighted by atomic mass is 9.89. The summed E-state index contributed by atoms with van der Waals surface area (Å²) in [7, 11) is 0. The zero-order valence-electron chi connectivity index (χ0n) is 12.0. The minimum atomic E-state index is -0.775. The fourth-order valence-electron chi connectivity index (χ4n) is 3.28. The average Bonchev–Trinajstić information content (AvgIpc) is 3.00. The van der Waals surface area contributed by atoms with Crippen molar-refractivity contribution in [3.63, 3.8) is 0 Å². The van der Waals surface area contributed by atoms with Crippen LogP contribution < -0.4 is 5.32 Å². The van der Waals surface area contributed by atoms with Gasteiger partial charge in [-0.05, 0) is 32.1 Å². The molecule has 2 amide bonds. The van der Waals surface area contributed by atoms with Gasteiger partial charge in [0.15, 0.2) is 0 Å². The number of hydrogen-bond acceptors (Lipinski definition) is 3. The third-order valence-corrected chi connectivity index (χ3v) is 4.18. The summed E-state index contributed by atoms with van der Waals surface area (Å²) < 4.78 is 5.35. The van der Waals surface area contributed by atoms with Crippen LogP contribution in [0.15, 0.2) is 0 Å². The van der Waals surface area contributed by atoms with Crippen LogP contribution in [0.2, 0.25) is 0 Å². The van der Waals surface area contributed by atoms with E-state index in [2.05, 4.69) is 12.2 Å². The van der Waals surface area contributed by atoms with E-state index in [4.69, 9.17) is 9.84 Å². The monoisotopic (exact) mass is 284 g/mol. The highest BCUT2D eigenvalue weighted by Gasteiger charge is 2.51. The first-order valence-electron chi connectivity index (χ1n) is 7.51. The second-order valence-corrected chi connectivity index (χ2v) is 5.58. The van der Waals surface area contributed by atoms with Crippen LogP contribution in [0, 0.1) is 5.92 Å². The quantitative estimate of drug-likeness (QED) is 0.694. The Balaban J connectivity index is 1.72. The molecule has 3 unspecified atom stereocenters. The molecule has 0 aromatic carbocycles. The molecule has 2 aliphatic rings. The maximum Gasteiger partial charge on any atom is 0.317 e. The first-order chi connectivity index (χ1) is 9.65. The van der Waals surface area contributed by atoms with E-state index >= 15 is 0 Å². The Morgan fingerprint density at radius 1 is 1.35 bits per heavy atom. The van der Waals surface area contributed by atoms with E-state index in [0.29, 0.717) is 19.6 Å². The molecule has 2 heterocycles. The third-order valence-electron chi connectivity index (χ3n) is 4.18. The summed E-state index contributed by atoms with van der Waals surface area (Å²) in [6, 6.07) is -0.122. The number of rotatable bonds is 7. The normalized spacial score (nSPS) is 27.9. The Morgan fingerprint density at radius 3 is 2.80 bits per heavy atom. The lowest BCUT2D eigenvalue weighted by Gasteiger charge is -2.23. The van der Waals surface area contributed by atoms with E-state index in [1.54, 1.807) is 4.90 Å².